The Bertz CT molecular complexity index is 928. The van der Waals surface area contributed by atoms with Gasteiger partial charge in [0.15, 0.2) is 11.5 Å². The van der Waals surface area contributed by atoms with Gasteiger partial charge in [-0.2, -0.15) is 13.5 Å². The molecule has 11 heteroatoms. The van der Waals surface area contributed by atoms with E-state index in [1.165, 1.54) is 19.2 Å². The number of rotatable bonds is 6. The minimum absolute atomic E-state index is 0.0197. The second-order valence-corrected chi connectivity index (χ2v) is 7.23. The van der Waals surface area contributed by atoms with Gasteiger partial charge in [0.2, 0.25) is 0 Å². The van der Waals surface area contributed by atoms with E-state index in [4.69, 9.17) is 4.74 Å². The van der Waals surface area contributed by atoms with Crippen LogP contribution in [0.1, 0.15) is 5.56 Å². The summed E-state index contributed by atoms with van der Waals surface area (Å²) >= 11 is 3.20. The molecule has 0 saturated carbocycles. The van der Waals surface area contributed by atoms with E-state index in [0.29, 0.717) is 4.47 Å². The summed E-state index contributed by atoms with van der Waals surface area (Å²) in [6.45, 7) is 0. The molecule has 0 saturated heterocycles. The predicted octanol–water partition coefficient (Wildman–Crippen LogP) is 2.38. The second-order valence-electron chi connectivity index (χ2n) is 4.65. The Balaban J connectivity index is 2.28. The molecule has 9 nitrogen and oxygen atoms in total. The summed E-state index contributed by atoms with van der Waals surface area (Å²) in [5.41, 5.74) is -0.420. The number of nitrogens with zero attached hydrogens (tertiary/aromatic N) is 2. The lowest BCUT2D eigenvalue weighted by Crippen LogP contribution is -2.18. The molecule has 2 rings (SSSR count). The van der Waals surface area contributed by atoms with Crippen LogP contribution >= 0.6 is 15.9 Å². The molecule has 2 aromatic rings. The van der Waals surface area contributed by atoms with Gasteiger partial charge in [0, 0.05) is 16.1 Å². The Morgan fingerprint density at radius 2 is 1.96 bits per heavy atom. The maximum Gasteiger partial charge on any atom is 0.276 e. The highest BCUT2D eigenvalue weighted by atomic mass is 79.9. The van der Waals surface area contributed by atoms with Gasteiger partial charge in [0.1, 0.15) is 0 Å². The number of nitro benzene ring substituents is 1. The van der Waals surface area contributed by atoms with E-state index in [0.717, 1.165) is 18.3 Å². The number of sulfonamides is 1. The lowest BCUT2D eigenvalue weighted by molar-refractivity contribution is -0.385. The Labute approximate surface area is 151 Å². The van der Waals surface area contributed by atoms with Crippen LogP contribution in [0, 0.1) is 10.1 Å². The number of aromatic hydroxyl groups is 1. The summed E-state index contributed by atoms with van der Waals surface area (Å²) in [6.07, 6.45) is 0.946. The molecule has 0 radical (unpaired) electrons. The first-order valence-electron chi connectivity index (χ1n) is 6.60. The lowest BCUT2D eigenvalue weighted by Gasteiger charge is -2.06. The van der Waals surface area contributed by atoms with Crippen LogP contribution in [-0.2, 0) is 10.0 Å². The fraction of sp³-hybridized carbons (Fsp3) is 0.0714. The van der Waals surface area contributed by atoms with Gasteiger partial charge >= 0.3 is 0 Å². The first-order valence-corrected chi connectivity index (χ1v) is 8.88. The van der Waals surface area contributed by atoms with Crippen LogP contribution in [0.2, 0.25) is 0 Å². The second kappa shape index (κ2) is 7.49. The molecule has 0 bridgehead atoms. The van der Waals surface area contributed by atoms with E-state index >= 15 is 0 Å². The van der Waals surface area contributed by atoms with Gasteiger partial charge < -0.3 is 9.84 Å². The molecule has 2 aromatic carbocycles. The highest BCUT2D eigenvalue weighted by molar-refractivity contribution is 9.10. The maximum absolute atomic E-state index is 12.1. The third kappa shape index (κ3) is 4.45. The van der Waals surface area contributed by atoms with Crippen molar-refractivity contribution in [2.24, 2.45) is 5.10 Å². The first kappa shape index (κ1) is 18.7. The number of non-ortho nitro benzene ring substituents is 1. The zero-order valence-electron chi connectivity index (χ0n) is 12.7. The molecule has 0 heterocycles. The van der Waals surface area contributed by atoms with Crippen LogP contribution in [0.15, 0.2) is 50.9 Å². The average Bonchev–Trinajstić information content (AvgIpc) is 2.56. The number of benzene rings is 2. The summed E-state index contributed by atoms with van der Waals surface area (Å²) in [5, 5.41) is 24.4. The molecule has 0 unspecified atom stereocenters. The number of methoxy groups -OCH3 is 1. The van der Waals surface area contributed by atoms with Crippen molar-refractivity contribution in [3.63, 3.8) is 0 Å². The minimum Gasteiger partial charge on any atom is -0.504 e. The van der Waals surface area contributed by atoms with Gasteiger partial charge in [-0.15, -0.1) is 0 Å². The molecule has 25 heavy (non-hydrogen) atoms. The van der Waals surface area contributed by atoms with Crippen LogP contribution in [0.5, 0.6) is 11.5 Å². The number of hydrazone groups is 1. The van der Waals surface area contributed by atoms with Crippen LogP contribution < -0.4 is 9.57 Å². The molecule has 0 spiro atoms. The number of phenolic OH excluding ortho intramolecular Hbond substituents is 1. The zero-order chi connectivity index (χ0) is 18.6. The molecule has 0 amide bonds. The number of hydrogen-bond donors (Lipinski definition) is 2. The van der Waals surface area contributed by atoms with Crippen LogP contribution in [0.25, 0.3) is 0 Å². The Morgan fingerprint density at radius 3 is 2.52 bits per heavy atom. The molecular weight excluding hydrogens is 418 g/mol. The van der Waals surface area contributed by atoms with Crippen molar-refractivity contribution in [2.75, 3.05) is 7.11 Å². The SMILES string of the molecule is COc1cc([N+](=O)[O-])cc(/C=N/NS(=O)(=O)c2ccc(Br)cc2)c1O. The van der Waals surface area contributed by atoms with Crippen LogP contribution in [0.3, 0.4) is 0 Å². The summed E-state index contributed by atoms with van der Waals surface area (Å²) in [5.74, 6) is -0.536. The van der Waals surface area contributed by atoms with Gasteiger partial charge in [0.05, 0.1) is 29.2 Å². The van der Waals surface area contributed by atoms with Crippen molar-refractivity contribution in [1.82, 2.24) is 4.83 Å². The predicted molar refractivity (Wildman–Crippen MR) is 93.4 cm³/mol. The van der Waals surface area contributed by atoms with Crippen molar-refractivity contribution < 1.29 is 23.2 Å². The molecule has 0 fully saturated rings. The van der Waals surface area contributed by atoms with Crippen molar-refractivity contribution in [1.29, 1.82) is 0 Å². The van der Waals surface area contributed by atoms with Gasteiger partial charge in [-0.1, -0.05) is 15.9 Å². The number of nitrogens with one attached hydrogen (secondary N) is 1. The van der Waals surface area contributed by atoms with E-state index in [1.807, 2.05) is 4.83 Å². The molecule has 0 aliphatic carbocycles. The van der Waals surface area contributed by atoms with Crippen molar-refractivity contribution >= 4 is 37.9 Å². The summed E-state index contributed by atoms with van der Waals surface area (Å²) in [4.78, 5) is 12.2. The standard InChI is InChI=1S/C14H12BrN3O6S/c1-24-13-7-11(18(20)21)6-9(14(13)19)8-16-17-25(22,23)12-4-2-10(15)3-5-12/h2-8,17,19H,1H3/b16-8+. The van der Waals surface area contributed by atoms with Crippen molar-refractivity contribution in [3.8, 4) is 11.5 Å². The fourth-order valence-corrected chi connectivity index (χ4v) is 2.86. The molecule has 0 atom stereocenters. The van der Waals surface area contributed by atoms with Crippen LogP contribution in [-0.4, -0.2) is 31.8 Å². The highest BCUT2D eigenvalue weighted by Gasteiger charge is 2.16. The van der Waals surface area contributed by atoms with E-state index in [2.05, 4.69) is 21.0 Å². The highest BCUT2D eigenvalue weighted by Crippen LogP contribution is 2.33. The molecule has 0 aliphatic heterocycles. The monoisotopic (exact) mass is 429 g/mol. The number of ether oxygens (including phenoxy) is 1. The summed E-state index contributed by atoms with van der Waals surface area (Å²) < 4.78 is 29.7. The average molecular weight is 430 g/mol. The maximum atomic E-state index is 12.1. The Hall–Kier alpha value is -2.66. The van der Waals surface area contributed by atoms with Crippen molar-refractivity contribution in [2.45, 2.75) is 4.90 Å². The van der Waals surface area contributed by atoms with Gasteiger partial charge in [-0.05, 0) is 24.3 Å². The molecule has 0 aliphatic rings. The number of hydrogen-bond acceptors (Lipinski definition) is 7. The van der Waals surface area contributed by atoms with E-state index < -0.39 is 20.7 Å². The van der Waals surface area contributed by atoms with E-state index in [9.17, 15) is 23.6 Å². The fourth-order valence-electron chi connectivity index (χ4n) is 1.81. The lowest BCUT2D eigenvalue weighted by atomic mass is 10.2. The minimum atomic E-state index is -3.92. The number of phenols is 1. The molecular formula is C14H12BrN3O6S. The van der Waals surface area contributed by atoms with Crippen molar-refractivity contribution in [3.05, 3.63) is 56.5 Å². The largest absolute Gasteiger partial charge is 0.504 e. The third-order valence-electron chi connectivity index (χ3n) is 3.02. The molecule has 132 valence electrons. The molecule has 0 aromatic heterocycles. The Kier molecular flexibility index (Phi) is 5.59. The van der Waals surface area contributed by atoms with Gasteiger partial charge in [-0.3, -0.25) is 10.1 Å². The van der Waals surface area contributed by atoms with Gasteiger partial charge in [0.25, 0.3) is 15.7 Å². The number of halogens is 1. The number of nitro groups is 1. The van der Waals surface area contributed by atoms with Gasteiger partial charge in [-0.25, -0.2) is 4.83 Å². The van der Waals surface area contributed by atoms with E-state index in [1.54, 1.807) is 12.1 Å². The topological polar surface area (TPSA) is 131 Å². The third-order valence-corrected chi connectivity index (χ3v) is 4.79. The quantitative estimate of drug-likeness (QED) is 0.411. The Morgan fingerprint density at radius 1 is 1.32 bits per heavy atom. The van der Waals surface area contributed by atoms with Crippen LogP contribution in [0.4, 0.5) is 5.69 Å². The molecule has 2 N–H and O–H groups in total. The normalized spacial score (nSPS) is 11.4. The summed E-state index contributed by atoms with van der Waals surface area (Å²) in [6, 6.07) is 7.92. The zero-order valence-corrected chi connectivity index (χ0v) is 15.1. The summed E-state index contributed by atoms with van der Waals surface area (Å²) in [7, 11) is -2.69. The van der Waals surface area contributed by atoms with E-state index in [-0.39, 0.29) is 21.9 Å². The first-order chi connectivity index (χ1) is 11.7. The smallest absolute Gasteiger partial charge is 0.276 e.